The summed E-state index contributed by atoms with van der Waals surface area (Å²) in [5, 5.41) is 0.960. The number of aryl methyl sites for hydroxylation is 1. The van der Waals surface area contributed by atoms with E-state index in [9.17, 15) is 4.79 Å². The van der Waals surface area contributed by atoms with Crippen molar-refractivity contribution in [3.63, 3.8) is 0 Å². The Kier molecular flexibility index (Phi) is 5.60. The van der Waals surface area contributed by atoms with Gasteiger partial charge in [0, 0.05) is 18.8 Å². The maximum atomic E-state index is 11.7. The van der Waals surface area contributed by atoms with E-state index in [1.807, 2.05) is 26.1 Å². The Balaban J connectivity index is 2.34. The van der Waals surface area contributed by atoms with E-state index in [1.54, 1.807) is 4.90 Å². The minimum atomic E-state index is 0.176. The van der Waals surface area contributed by atoms with Gasteiger partial charge in [-0.05, 0) is 31.9 Å². The summed E-state index contributed by atoms with van der Waals surface area (Å²) in [4.78, 5) is 13.4. The Hall–Kier alpha value is -0.770. The molecule has 0 radical (unpaired) electrons. The third-order valence-corrected chi connectivity index (χ3v) is 2.95. The molecule has 1 heterocycles. The van der Waals surface area contributed by atoms with Crippen LogP contribution in [0.2, 0.25) is 0 Å². The van der Waals surface area contributed by atoms with Gasteiger partial charge in [0.1, 0.15) is 11.5 Å². The molecule has 3 nitrogen and oxygen atoms in total. The van der Waals surface area contributed by atoms with E-state index >= 15 is 0 Å². The van der Waals surface area contributed by atoms with Gasteiger partial charge in [-0.3, -0.25) is 4.79 Å². The fourth-order valence-electron chi connectivity index (χ4n) is 1.45. The van der Waals surface area contributed by atoms with Crippen LogP contribution in [0.25, 0.3) is 0 Å². The number of carbonyl (C=O) groups is 1. The Bertz CT molecular complexity index is 336. The maximum absolute atomic E-state index is 11.7. The lowest BCUT2D eigenvalue weighted by molar-refractivity contribution is -0.130. The van der Waals surface area contributed by atoms with E-state index in [1.165, 1.54) is 0 Å². The standard InChI is InChI=1S/C12H18BrNO2/c1-10-6-7-11(16-10)9-14(2)12(15)5-3-4-8-13/h6-7H,3-5,8-9H2,1-2H3. The van der Waals surface area contributed by atoms with E-state index in [0.29, 0.717) is 13.0 Å². The van der Waals surface area contributed by atoms with Gasteiger partial charge in [0.05, 0.1) is 6.54 Å². The highest BCUT2D eigenvalue weighted by atomic mass is 79.9. The first-order valence-electron chi connectivity index (χ1n) is 5.48. The quantitative estimate of drug-likeness (QED) is 0.595. The lowest BCUT2D eigenvalue weighted by Gasteiger charge is -2.15. The predicted octanol–water partition coefficient (Wildman–Crippen LogP) is 3.11. The van der Waals surface area contributed by atoms with Crippen molar-refractivity contribution >= 4 is 21.8 Å². The predicted molar refractivity (Wildman–Crippen MR) is 67.6 cm³/mol. The van der Waals surface area contributed by atoms with Gasteiger partial charge >= 0.3 is 0 Å². The number of unbranched alkanes of at least 4 members (excludes halogenated alkanes) is 1. The molecule has 1 amide bonds. The molecule has 0 fully saturated rings. The summed E-state index contributed by atoms with van der Waals surface area (Å²) in [6, 6.07) is 3.83. The second kappa shape index (κ2) is 6.74. The number of rotatable bonds is 6. The van der Waals surface area contributed by atoms with E-state index < -0.39 is 0 Å². The highest BCUT2D eigenvalue weighted by molar-refractivity contribution is 9.09. The number of nitrogens with zero attached hydrogens (tertiary/aromatic N) is 1. The first kappa shape index (κ1) is 13.3. The number of halogens is 1. The summed E-state index contributed by atoms with van der Waals surface area (Å²) in [7, 11) is 1.81. The van der Waals surface area contributed by atoms with Crippen molar-refractivity contribution in [2.24, 2.45) is 0 Å². The monoisotopic (exact) mass is 287 g/mol. The van der Waals surface area contributed by atoms with E-state index in [0.717, 1.165) is 29.7 Å². The summed E-state index contributed by atoms with van der Waals surface area (Å²) in [6.07, 6.45) is 2.59. The second-order valence-corrected chi connectivity index (χ2v) is 4.70. The number of amides is 1. The average molecular weight is 288 g/mol. The number of alkyl halides is 1. The van der Waals surface area contributed by atoms with Gasteiger partial charge in [-0.1, -0.05) is 15.9 Å². The summed E-state index contributed by atoms with van der Waals surface area (Å²) in [5.74, 6) is 1.90. The van der Waals surface area contributed by atoms with Crippen LogP contribution in [0.1, 0.15) is 30.8 Å². The van der Waals surface area contributed by atoms with Crippen molar-refractivity contribution in [2.45, 2.75) is 32.7 Å². The molecular weight excluding hydrogens is 270 g/mol. The van der Waals surface area contributed by atoms with Crippen LogP contribution in [-0.2, 0) is 11.3 Å². The molecule has 0 aliphatic heterocycles. The number of hydrogen-bond donors (Lipinski definition) is 0. The molecular formula is C12H18BrNO2. The molecule has 0 aliphatic rings. The second-order valence-electron chi connectivity index (χ2n) is 3.91. The van der Waals surface area contributed by atoms with Crippen molar-refractivity contribution in [3.05, 3.63) is 23.7 Å². The van der Waals surface area contributed by atoms with Crippen molar-refractivity contribution < 1.29 is 9.21 Å². The molecule has 0 unspecified atom stereocenters. The normalized spacial score (nSPS) is 10.4. The Morgan fingerprint density at radius 2 is 2.19 bits per heavy atom. The van der Waals surface area contributed by atoms with E-state index in [4.69, 9.17) is 4.42 Å². The van der Waals surface area contributed by atoms with Gasteiger partial charge < -0.3 is 9.32 Å². The molecule has 0 spiro atoms. The molecule has 1 aromatic heterocycles. The van der Waals surface area contributed by atoms with Gasteiger partial charge in [0.15, 0.2) is 0 Å². The average Bonchev–Trinajstić information content (AvgIpc) is 2.64. The van der Waals surface area contributed by atoms with E-state index in [-0.39, 0.29) is 5.91 Å². The molecule has 90 valence electrons. The zero-order chi connectivity index (χ0) is 12.0. The fraction of sp³-hybridized carbons (Fsp3) is 0.583. The summed E-state index contributed by atoms with van der Waals surface area (Å²) < 4.78 is 5.43. The Labute approximate surface area is 105 Å². The van der Waals surface area contributed by atoms with Crippen molar-refractivity contribution in [3.8, 4) is 0 Å². The van der Waals surface area contributed by atoms with Crippen molar-refractivity contribution in [1.29, 1.82) is 0 Å². The van der Waals surface area contributed by atoms with Crippen LogP contribution in [0.3, 0.4) is 0 Å². The highest BCUT2D eigenvalue weighted by Gasteiger charge is 2.10. The SMILES string of the molecule is Cc1ccc(CN(C)C(=O)CCCCBr)o1. The lowest BCUT2D eigenvalue weighted by Crippen LogP contribution is -2.25. The van der Waals surface area contributed by atoms with Gasteiger partial charge in [0.2, 0.25) is 5.91 Å². The first-order chi connectivity index (χ1) is 7.63. The smallest absolute Gasteiger partial charge is 0.222 e. The summed E-state index contributed by atoms with van der Waals surface area (Å²) in [6.45, 7) is 2.46. The number of hydrogen-bond acceptors (Lipinski definition) is 2. The van der Waals surface area contributed by atoms with Crippen molar-refractivity contribution in [1.82, 2.24) is 4.90 Å². The minimum absolute atomic E-state index is 0.176. The first-order valence-corrected chi connectivity index (χ1v) is 6.61. The van der Waals surface area contributed by atoms with Gasteiger partial charge in [-0.25, -0.2) is 0 Å². The van der Waals surface area contributed by atoms with Gasteiger partial charge in [-0.15, -0.1) is 0 Å². The van der Waals surface area contributed by atoms with Crippen LogP contribution in [0, 0.1) is 6.92 Å². The molecule has 0 saturated carbocycles. The van der Waals surface area contributed by atoms with Crippen LogP contribution in [0.5, 0.6) is 0 Å². The molecule has 0 bridgehead atoms. The van der Waals surface area contributed by atoms with Gasteiger partial charge in [0.25, 0.3) is 0 Å². The third-order valence-electron chi connectivity index (χ3n) is 2.39. The Morgan fingerprint density at radius 3 is 2.75 bits per heavy atom. The van der Waals surface area contributed by atoms with Crippen molar-refractivity contribution in [2.75, 3.05) is 12.4 Å². The van der Waals surface area contributed by atoms with Crippen LogP contribution in [-0.4, -0.2) is 23.2 Å². The molecule has 0 saturated heterocycles. The highest BCUT2D eigenvalue weighted by Crippen LogP contribution is 2.10. The third kappa shape index (κ3) is 4.39. The fourth-order valence-corrected chi connectivity index (χ4v) is 1.85. The van der Waals surface area contributed by atoms with Crippen LogP contribution in [0.4, 0.5) is 0 Å². The van der Waals surface area contributed by atoms with Crippen LogP contribution in [0.15, 0.2) is 16.5 Å². The molecule has 4 heteroatoms. The maximum Gasteiger partial charge on any atom is 0.222 e. The zero-order valence-electron chi connectivity index (χ0n) is 9.83. The molecule has 0 aliphatic carbocycles. The Morgan fingerprint density at radius 1 is 1.44 bits per heavy atom. The zero-order valence-corrected chi connectivity index (χ0v) is 11.4. The number of furan rings is 1. The molecule has 0 atom stereocenters. The van der Waals surface area contributed by atoms with Crippen LogP contribution < -0.4 is 0 Å². The minimum Gasteiger partial charge on any atom is -0.464 e. The van der Waals surface area contributed by atoms with Gasteiger partial charge in [-0.2, -0.15) is 0 Å². The molecule has 16 heavy (non-hydrogen) atoms. The van der Waals surface area contributed by atoms with Crippen LogP contribution >= 0.6 is 15.9 Å². The molecule has 0 aromatic carbocycles. The summed E-state index contributed by atoms with van der Waals surface area (Å²) in [5.41, 5.74) is 0. The van der Waals surface area contributed by atoms with E-state index in [2.05, 4.69) is 15.9 Å². The molecule has 0 N–H and O–H groups in total. The number of carbonyl (C=O) groups excluding carboxylic acids is 1. The lowest BCUT2D eigenvalue weighted by atomic mass is 10.2. The largest absolute Gasteiger partial charge is 0.464 e. The summed E-state index contributed by atoms with van der Waals surface area (Å²) >= 11 is 3.35. The molecule has 1 aromatic rings. The topological polar surface area (TPSA) is 33.5 Å². The molecule has 1 rings (SSSR count).